The van der Waals surface area contributed by atoms with Gasteiger partial charge in [0.05, 0.1) is 12.1 Å². The molecule has 3 aliphatic carbocycles. The minimum absolute atomic E-state index is 0.0484. The maximum atomic E-state index is 13.0. The van der Waals surface area contributed by atoms with Gasteiger partial charge in [-0.05, 0) is 47.7 Å². The molecule has 0 radical (unpaired) electrons. The second-order valence-corrected chi connectivity index (χ2v) is 9.36. The van der Waals surface area contributed by atoms with Crippen molar-refractivity contribution in [3.63, 3.8) is 0 Å². The van der Waals surface area contributed by atoms with Gasteiger partial charge in [0.2, 0.25) is 0 Å². The van der Waals surface area contributed by atoms with Gasteiger partial charge in [-0.25, -0.2) is 0 Å². The molecule has 0 aromatic carbocycles. The number of carbonyl (C=O) groups excluding carboxylic acids is 1. The molecule has 0 amide bonds. The van der Waals surface area contributed by atoms with E-state index in [9.17, 15) is 9.90 Å². The molecule has 3 heterocycles. The van der Waals surface area contributed by atoms with Crippen molar-refractivity contribution in [2.45, 2.75) is 25.7 Å². The van der Waals surface area contributed by atoms with Crippen LogP contribution in [0.25, 0.3) is 16.7 Å². The lowest BCUT2D eigenvalue weighted by molar-refractivity contribution is 0.0977. The third-order valence-electron chi connectivity index (χ3n) is 6.76. The highest BCUT2D eigenvalue weighted by atomic mass is 79.9. The summed E-state index contributed by atoms with van der Waals surface area (Å²) in [4.78, 5) is 25.7. The first-order valence-corrected chi connectivity index (χ1v) is 12.3. The van der Waals surface area contributed by atoms with E-state index in [1.54, 1.807) is 18.5 Å². The molecule has 6 rings (SSSR count). The highest BCUT2D eigenvalue weighted by Crippen LogP contribution is 2.41. The Morgan fingerprint density at radius 1 is 1.12 bits per heavy atom. The van der Waals surface area contributed by atoms with Crippen LogP contribution in [-0.2, 0) is 12.8 Å². The molecule has 1 atom stereocenters. The van der Waals surface area contributed by atoms with E-state index in [1.165, 1.54) is 5.56 Å². The van der Waals surface area contributed by atoms with Crippen LogP contribution in [-0.4, -0.2) is 38.4 Å². The van der Waals surface area contributed by atoms with E-state index in [0.29, 0.717) is 41.5 Å². The molecule has 0 spiro atoms. The van der Waals surface area contributed by atoms with E-state index in [2.05, 4.69) is 38.0 Å². The number of nitrogens with one attached hydrogen (secondary N) is 1. The van der Waals surface area contributed by atoms with E-state index in [-0.39, 0.29) is 18.0 Å². The van der Waals surface area contributed by atoms with E-state index in [0.717, 1.165) is 46.1 Å². The smallest absolute Gasteiger partial charge is 0.172 e. The standard InChI is InChI=1S/C26H22BrN3O3/c27-11-15-2-1-14-7-19-21-13-28-12-16(21)8-18(14)25(15)29-4-3-17-9-20-22(31)10-23(32)24(19)26(20)30-5-6-33-17/h5-9,12-13,15,30,32H,1-4,10-11H2/t15-/m1/s1. The van der Waals surface area contributed by atoms with Gasteiger partial charge in [-0.2, -0.15) is 0 Å². The molecule has 0 saturated heterocycles. The number of aromatic nitrogens is 2. The van der Waals surface area contributed by atoms with Crippen LogP contribution in [0.1, 0.15) is 51.3 Å². The lowest BCUT2D eigenvalue weighted by Gasteiger charge is -2.25. The Balaban J connectivity index is 1.76. The molecule has 5 aliphatic rings. The zero-order valence-corrected chi connectivity index (χ0v) is 19.5. The van der Waals surface area contributed by atoms with Gasteiger partial charge in [-0.15, -0.1) is 0 Å². The largest absolute Gasteiger partial charge is 0.511 e. The van der Waals surface area contributed by atoms with Crippen molar-refractivity contribution in [3.8, 4) is 11.1 Å². The molecule has 0 unspecified atom stereocenters. The third kappa shape index (κ3) is 3.33. The van der Waals surface area contributed by atoms with Crippen LogP contribution in [0, 0.1) is 5.92 Å². The summed E-state index contributed by atoms with van der Waals surface area (Å²) in [6.45, 7) is 0.560. The number of nitrogens with zero attached hydrogens (tertiary/aromatic N) is 2. The molecule has 6 nitrogen and oxygen atoms in total. The first-order chi connectivity index (χ1) is 16.1. The highest BCUT2D eigenvalue weighted by Gasteiger charge is 2.31. The maximum absolute atomic E-state index is 13.0. The molecule has 1 aromatic heterocycles. The van der Waals surface area contributed by atoms with Crippen molar-refractivity contribution in [1.29, 1.82) is 0 Å². The van der Waals surface area contributed by atoms with Crippen molar-refractivity contribution >= 4 is 33.0 Å². The number of hydrogen-bond acceptors (Lipinski definition) is 5. The number of hydrogen-bond donors (Lipinski definition) is 2. The molecule has 2 N–H and O–H groups in total. The van der Waals surface area contributed by atoms with Gasteiger partial charge in [-0.3, -0.25) is 14.8 Å². The average Bonchev–Trinajstić information content (AvgIpc) is 3.18. The van der Waals surface area contributed by atoms with Crippen molar-refractivity contribution in [1.82, 2.24) is 9.97 Å². The Kier molecular flexibility index (Phi) is 4.94. The fourth-order valence-corrected chi connectivity index (χ4v) is 5.79. The topological polar surface area (TPSA) is 91.5 Å². The average molecular weight is 504 g/mol. The van der Waals surface area contributed by atoms with Crippen molar-refractivity contribution in [3.05, 3.63) is 82.5 Å². The highest BCUT2D eigenvalue weighted by molar-refractivity contribution is 9.09. The minimum Gasteiger partial charge on any atom is -0.511 e. The van der Waals surface area contributed by atoms with E-state index >= 15 is 0 Å². The summed E-state index contributed by atoms with van der Waals surface area (Å²) in [7, 11) is 0. The van der Waals surface area contributed by atoms with E-state index in [1.807, 2.05) is 12.4 Å². The number of aromatic amines is 1. The quantitative estimate of drug-likeness (QED) is 0.432. The number of halogens is 1. The minimum atomic E-state index is -0.143. The summed E-state index contributed by atoms with van der Waals surface area (Å²) in [5, 5.41) is 12.0. The number of fused-ring (bicyclic) bond motifs is 5. The first kappa shape index (κ1) is 20.4. The van der Waals surface area contributed by atoms with Crippen LogP contribution in [0.2, 0.25) is 0 Å². The molecule has 33 heavy (non-hydrogen) atoms. The van der Waals surface area contributed by atoms with Gasteiger partial charge >= 0.3 is 0 Å². The summed E-state index contributed by atoms with van der Waals surface area (Å²) < 4.78 is 5.80. The molecular formula is C26H22BrN3O3. The molecule has 0 fully saturated rings. The van der Waals surface area contributed by atoms with Gasteiger partial charge in [0.1, 0.15) is 17.8 Å². The van der Waals surface area contributed by atoms with E-state index in [4.69, 9.17) is 9.41 Å². The Labute approximate surface area is 199 Å². The van der Waals surface area contributed by atoms with Crippen LogP contribution in [0.3, 0.4) is 0 Å². The molecule has 0 saturated carbocycles. The van der Waals surface area contributed by atoms with Gasteiger partial charge in [0, 0.05) is 70.8 Å². The number of Topliss-reactive ketones (excluding diaryl/α,β-unsaturated/α-hetero) is 1. The van der Waals surface area contributed by atoms with Crippen LogP contribution in [0.5, 0.6) is 0 Å². The monoisotopic (exact) mass is 503 g/mol. The van der Waals surface area contributed by atoms with Gasteiger partial charge in [0.25, 0.3) is 0 Å². The zero-order chi connectivity index (χ0) is 22.5. The van der Waals surface area contributed by atoms with Crippen LogP contribution >= 0.6 is 15.9 Å². The summed E-state index contributed by atoms with van der Waals surface area (Å²) in [5.74, 6) is 0.923. The SMILES string of the molecule is O=C1CC(O)=C2c3cc4c(cc5cncc3-5)C(=NCCc3cc1c2[nH]cco3)[C@@H](CBr)CC4. The Hall–Kier alpha value is -3.19. The third-order valence-corrected chi connectivity index (χ3v) is 7.54. The van der Waals surface area contributed by atoms with Crippen LogP contribution in [0.15, 0.2) is 58.2 Å². The predicted octanol–water partition coefficient (Wildman–Crippen LogP) is 5.44. The fourth-order valence-electron chi connectivity index (χ4n) is 5.16. The number of H-pyrrole nitrogens is 1. The number of aliphatic hydroxyl groups is 1. The number of aryl methyl sites for hydroxylation is 1. The van der Waals surface area contributed by atoms with Crippen molar-refractivity contribution in [2.24, 2.45) is 10.9 Å². The summed E-state index contributed by atoms with van der Waals surface area (Å²) >= 11 is 3.69. The lowest BCUT2D eigenvalue weighted by Crippen LogP contribution is -2.24. The van der Waals surface area contributed by atoms with Crippen molar-refractivity contribution < 1.29 is 14.3 Å². The van der Waals surface area contributed by atoms with Crippen molar-refractivity contribution in [2.75, 3.05) is 11.9 Å². The second kappa shape index (κ2) is 7.99. The fraction of sp³-hybridized carbons (Fsp3) is 0.269. The zero-order valence-electron chi connectivity index (χ0n) is 17.9. The Morgan fingerprint density at radius 3 is 2.91 bits per heavy atom. The van der Waals surface area contributed by atoms with Crippen LogP contribution < -0.4 is 0 Å². The maximum Gasteiger partial charge on any atom is 0.172 e. The molecule has 1 aromatic rings. The number of alkyl halides is 1. The number of allylic oxidation sites excluding steroid dienone is 1. The molecule has 8 bridgehead atoms. The normalized spacial score (nSPS) is 19.1. The molecule has 166 valence electrons. The molecular weight excluding hydrogens is 482 g/mol. The van der Waals surface area contributed by atoms with Gasteiger partial charge in [0.15, 0.2) is 5.78 Å². The lowest BCUT2D eigenvalue weighted by atomic mass is 9.83. The molecule has 7 heteroatoms. The van der Waals surface area contributed by atoms with E-state index < -0.39 is 0 Å². The number of ketones is 1. The first-order valence-electron chi connectivity index (χ1n) is 11.1. The molecule has 2 aliphatic heterocycles. The van der Waals surface area contributed by atoms with Gasteiger partial charge < -0.3 is 14.5 Å². The predicted molar refractivity (Wildman–Crippen MR) is 130 cm³/mol. The number of carbonyl (C=O) groups is 1. The van der Waals surface area contributed by atoms with Gasteiger partial charge in [-0.1, -0.05) is 15.9 Å². The second-order valence-electron chi connectivity index (χ2n) is 8.71. The number of rotatable bonds is 1. The number of aliphatic imine (C=N–C) groups is 1. The summed E-state index contributed by atoms with van der Waals surface area (Å²) in [6.07, 6.45) is 9.37. The summed E-state index contributed by atoms with van der Waals surface area (Å²) in [6, 6.07) is 6.14. The summed E-state index contributed by atoms with van der Waals surface area (Å²) in [5.41, 5.74) is 7.98. The number of aliphatic hydroxyl groups excluding tert-OH is 1. The Bertz CT molecular complexity index is 1380. The van der Waals surface area contributed by atoms with Crippen LogP contribution in [0.4, 0.5) is 0 Å². The Morgan fingerprint density at radius 2 is 2.03 bits per heavy atom.